The van der Waals surface area contributed by atoms with Crippen LogP contribution in [0.1, 0.15) is 22.7 Å². The highest BCUT2D eigenvalue weighted by molar-refractivity contribution is 6.30. The number of rotatable bonds is 7. The third-order valence-corrected chi connectivity index (χ3v) is 4.82. The number of methoxy groups -OCH3 is 1. The van der Waals surface area contributed by atoms with E-state index in [4.69, 9.17) is 16.3 Å². The van der Waals surface area contributed by atoms with Gasteiger partial charge in [0.25, 0.3) is 0 Å². The second-order valence-electron chi connectivity index (χ2n) is 6.75. The molecule has 1 atom stereocenters. The van der Waals surface area contributed by atoms with E-state index in [9.17, 15) is 18.0 Å². The lowest BCUT2D eigenvalue weighted by Gasteiger charge is -2.21. The lowest BCUT2D eigenvalue weighted by atomic mass is 10.0. The Hall–Kier alpha value is -3.03. The van der Waals surface area contributed by atoms with Gasteiger partial charge in [0.1, 0.15) is 11.8 Å². The molecule has 8 heteroatoms. The number of carbonyl (C=O) groups excluding carboxylic acids is 1. The van der Waals surface area contributed by atoms with Crippen LogP contribution in [0, 0.1) is 0 Å². The molecule has 4 nitrogen and oxygen atoms in total. The molecule has 3 aromatic carbocycles. The van der Waals surface area contributed by atoms with Gasteiger partial charge >= 0.3 is 6.18 Å². The van der Waals surface area contributed by atoms with E-state index in [1.54, 1.807) is 43.5 Å². The zero-order chi connectivity index (χ0) is 22.4. The smallest absolute Gasteiger partial charge is 0.418 e. The van der Waals surface area contributed by atoms with Gasteiger partial charge in [-0.25, -0.2) is 0 Å². The van der Waals surface area contributed by atoms with E-state index in [1.807, 2.05) is 18.2 Å². The second kappa shape index (κ2) is 9.85. The van der Waals surface area contributed by atoms with Crippen molar-refractivity contribution in [2.24, 2.45) is 0 Å². The van der Waals surface area contributed by atoms with Crippen LogP contribution in [-0.4, -0.2) is 13.0 Å². The number of ether oxygens (including phenoxy) is 1. The topological polar surface area (TPSA) is 50.4 Å². The van der Waals surface area contributed by atoms with Crippen LogP contribution in [-0.2, 0) is 17.5 Å². The first kappa shape index (κ1) is 22.7. The predicted octanol–water partition coefficient (Wildman–Crippen LogP) is 5.84. The lowest BCUT2D eigenvalue weighted by Crippen LogP contribution is -2.33. The highest BCUT2D eigenvalue weighted by Gasteiger charge is 2.35. The fourth-order valence-electron chi connectivity index (χ4n) is 3.07. The minimum absolute atomic E-state index is 0.0684. The Labute approximate surface area is 183 Å². The largest absolute Gasteiger partial charge is 0.497 e. The summed E-state index contributed by atoms with van der Waals surface area (Å²) in [6.45, 7) is 0.303. The number of carbonyl (C=O) groups is 1. The van der Waals surface area contributed by atoms with E-state index in [0.717, 1.165) is 17.7 Å². The van der Waals surface area contributed by atoms with Crippen molar-refractivity contribution >= 4 is 23.2 Å². The van der Waals surface area contributed by atoms with Crippen molar-refractivity contribution in [2.45, 2.75) is 18.8 Å². The minimum atomic E-state index is -4.66. The summed E-state index contributed by atoms with van der Waals surface area (Å²) in [5.41, 5.74) is 0.111. The normalized spacial score (nSPS) is 12.3. The zero-order valence-electron chi connectivity index (χ0n) is 16.5. The average molecular weight is 449 g/mol. The fraction of sp³-hybridized carbons (Fsp3) is 0.174. The summed E-state index contributed by atoms with van der Waals surface area (Å²) in [7, 11) is 1.55. The first-order valence-corrected chi connectivity index (χ1v) is 9.74. The highest BCUT2D eigenvalue weighted by Crippen LogP contribution is 2.36. The molecule has 2 N–H and O–H groups in total. The number of alkyl halides is 3. The predicted molar refractivity (Wildman–Crippen MR) is 114 cm³/mol. The monoisotopic (exact) mass is 448 g/mol. The van der Waals surface area contributed by atoms with Crippen molar-refractivity contribution in [2.75, 3.05) is 12.4 Å². The molecule has 0 aliphatic heterocycles. The standard InChI is InChI=1S/C23H20ClF3N2O2/c1-31-18-9-5-6-15(12-18)14-28-21(16-7-3-2-4-8-16)22(30)29-20-11-10-17(24)13-19(20)23(25,26)27/h2-13,21,28H,14H2,1H3,(H,29,30)/t21-/m0/s1. The summed E-state index contributed by atoms with van der Waals surface area (Å²) in [5.74, 6) is 0.0397. The molecule has 0 radical (unpaired) electrons. The Morgan fingerprint density at radius 2 is 1.77 bits per heavy atom. The van der Waals surface area contributed by atoms with Gasteiger partial charge in [0, 0.05) is 11.6 Å². The van der Waals surface area contributed by atoms with E-state index in [-0.39, 0.29) is 10.7 Å². The third-order valence-electron chi connectivity index (χ3n) is 4.58. The van der Waals surface area contributed by atoms with Crippen molar-refractivity contribution in [3.05, 3.63) is 94.5 Å². The molecular weight excluding hydrogens is 429 g/mol. The fourth-order valence-corrected chi connectivity index (χ4v) is 3.25. The molecule has 0 aromatic heterocycles. The number of benzene rings is 3. The number of amides is 1. The van der Waals surface area contributed by atoms with Gasteiger partial charge in [-0.1, -0.05) is 54.1 Å². The molecule has 31 heavy (non-hydrogen) atoms. The van der Waals surface area contributed by atoms with Crippen molar-refractivity contribution in [3.8, 4) is 5.75 Å². The SMILES string of the molecule is COc1cccc(CN[C@H](C(=O)Nc2ccc(Cl)cc2C(F)(F)F)c2ccccc2)c1. The van der Waals surface area contributed by atoms with Gasteiger partial charge in [-0.05, 0) is 41.5 Å². The molecule has 3 rings (SSSR count). The molecule has 0 unspecified atom stereocenters. The number of halogens is 4. The zero-order valence-corrected chi connectivity index (χ0v) is 17.3. The molecule has 0 aliphatic carbocycles. The van der Waals surface area contributed by atoms with Crippen LogP contribution in [0.25, 0.3) is 0 Å². The van der Waals surface area contributed by atoms with Crippen LogP contribution in [0.15, 0.2) is 72.8 Å². The average Bonchev–Trinajstić information content (AvgIpc) is 2.75. The molecule has 1 amide bonds. The molecule has 0 aliphatic rings. The van der Waals surface area contributed by atoms with Crippen molar-refractivity contribution in [1.29, 1.82) is 0 Å². The van der Waals surface area contributed by atoms with Gasteiger partial charge in [-0.2, -0.15) is 13.2 Å². The molecule has 0 bridgehead atoms. The summed E-state index contributed by atoms with van der Waals surface area (Å²) < 4.78 is 45.4. The minimum Gasteiger partial charge on any atom is -0.497 e. The quantitative estimate of drug-likeness (QED) is 0.477. The molecule has 0 saturated carbocycles. The molecule has 162 valence electrons. The van der Waals surface area contributed by atoms with Gasteiger partial charge in [-0.3, -0.25) is 10.1 Å². The molecule has 0 spiro atoms. The van der Waals surface area contributed by atoms with E-state index in [0.29, 0.717) is 17.9 Å². The van der Waals surface area contributed by atoms with Gasteiger partial charge < -0.3 is 10.1 Å². The second-order valence-corrected chi connectivity index (χ2v) is 7.19. The van der Waals surface area contributed by atoms with Crippen molar-refractivity contribution in [3.63, 3.8) is 0 Å². The third kappa shape index (κ3) is 5.99. The van der Waals surface area contributed by atoms with Crippen LogP contribution >= 0.6 is 11.6 Å². The number of nitrogens with one attached hydrogen (secondary N) is 2. The van der Waals surface area contributed by atoms with E-state index in [1.165, 1.54) is 6.07 Å². The summed E-state index contributed by atoms with van der Waals surface area (Å²) in [5, 5.41) is 5.45. The Bertz CT molecular complexity index is 1040. The van der Waals surface area contributed by atoms with Crippen LogP contribution < -0.4 is 15.4 Å². The maximum atomic E-state index is 13.4. The van der Waals surface area contributed by atoms with Gasteiger partial charge in [0.05, 0.1) is 18.4 Å². The van der Waals surface area contributed by atoms with Crippen molar-refractivity contribution in [1.82, 2.24) is 5.32 Å². The number of hydrogen-bond donors (Lipinski definition) is 2. The molecule has 0 saturated heterocycles. The summed E-state index contributed by atoms with van der Waals surface area (Å²) >= 11 is 5.72. The van der Waals surface area contributed by atoms with E-state index in [2.05, 4.69) is 10.6 Å². The van der Waals surface area contributed by atoms with Crippen LogP contribution in [0.3, 0.4) is 0 Å². The van der Waals surface area contributed by atoms with Gasteiger partial charge in [-0.15, -0.1) is 0 Å². The Morgan fingerprint density at radius 3 is 2.45 bits per heavy atom. The summed E-state index contributed by atoms with van der Waals surface area (Å²) in [6, 6.07) is 18.4. The van der Waals surface area contributed by atoms with Crippen molar-refractivity contribution < 1.29 is 22.7 Å². The van der Waals surface area contributed by atoms with Gasteiger partial charge in [0.2, 0.25) is 5.91 Å². The number of anilines is 1. The maximum absolute atomic E-state index is 13.4. The first-order valence-electron chi connectivity index (χ1n) is 9.37. The summed E-state index contributed by atoms with van der Waals surface area (Å²) in [6.07, 6.45) is -4.66. The van der Waals surface area contributed by atoms with Crippen LogP contribution in [0.5, 0.6) is 5.75 Å². The Morgan fingerprint density at radius 1 is 1.03 bits per heavy atom. The van der Waals surface area contributed by atoms with E-state index >= 15 is 0 Å². The Kier molecular flexibility index (Phi) is 7.20. The maximum Gasteiger partial charge on any atom is 0.418 e. The number of hydrogen-bond acceptors (Lipinski definition) is 3. The molecule has 0 fully saturated rings. The highest BCUT2D eigenvalue weighted by atomic mass is 35.5. The first-order chi connectivity index (χ1) is 14.8. The van der Waals surface area contributed by atoms with E-state index < -0.39 is 23.7 Å². The molecule has 0 heterocycles. The molecular formula is C23H20ClF3N2O2. The van der Waals surface area contributed by atoms with Gasteiger partial charge in [0.15, 0.2) is 0 Å². The summed E-state index contributed by atoms with van der Waals surface area (Å²) in [4.78, 5) is 13.0. The van der Waals surface area contributed by atoms with Crippen LogP contribution in [0.2, 0.25) is 5.02 Å². The molecule has 3 aromatic rings. The Balaban J connectivity index is 1.85. The lowest BCUT2D eigenvalue weighted by molar-refractivity contribution is -0.137. The van der Waals surface area contributed by atoms with Crippen LogP contribution in [0.4, 0.5) is 18.9 Å².